The third-order valence-corrected chi connectivity index (χ3v) is 3.00. The molecular weight excluding hydrogens is 272 g/mol. The molecular formula is C15H22N2O4. The topological polar surface area (TPSA) is 78.9 Å². The van der Waals surface area contributed by atoms with Crippen LogP contribution in [0.1, 0.15) is 25.3 Å². The first kappa shape index (κ1) is 17.0. The Kier molecular flexibility index (Phi) is 6.68. The molecule has 0 fully saturated rings. The SMILES string of the molecule is COCCN(CC(=O)O)C(=O)Nc1ccccc1C(C)C. The summed E-state index contributed by atoms with van der Waals surface area (Å²) in [7, 11) is 1.50. The van der Waals surface area contributed by atoms with Gasteiger partial charge in [0.2, 0.25) is 0 Å². The van der Waals surface area contributed by atoms with Gasteiger partial charge < -0.3 is 20.1 Å². The number of amides is 2. The number of para-hydroxylation sites is 1. The Labute approximate surface area is 124 Å². The second kappa shape index (κ2) is 8.26. The van der Waals surface area contributed by atoms with Gasteiger partial charge in [-0.2, -0.15) is 0 Å². The number of benzene rings is 1. The van der Waals surface area contributed by atoms with Crippen molar-refractivity contribution in [2.45, 2.75) is 19.8 Å². The van der Waals surface area contributed by atoms with E-state index in [1.165, 1.54) is 12.0 Å². The number of rotatable bonds is 7. The summed E-state index contributed by atoms with van der Waals surface area (Å²) in [4.78, 5) is 24.3. The zero-order valence-corrected chi connectivity index (χ0v) is 12.6. The first-order chi connectivity index (χ1) is 9.95. The highest BCUT2D eigenvalue weighted by atomic mass is 16.5. The normalized spacial score (nSPS) is 10.5. The van der Waals surface area contributed by atoms with Crippen molar-refractivity contribution in [2.24, 2.45) is 0 Å². The minimum absolute atomic E-state index is 0.221. The Hall–Kier alpha value is -2.08. The van der Waals surface area contributed by atoms with Crippen molar-refractivity contribution in [3.8, 4) is 0 Å². The Morgan fingerprint density at radius 3 is 2.57 bits per heavy atom. The predicted octanol–water partition coefficient (Wildman–Crippen LogP) is 2.37. The van der Waals surface area contributed by atoms with E-state index in [2.05, 4.69) is 5.32 Å². The van der Waals surface area contributed by atoms with Crippen LogP contribution in [-0.2, 0) is 9.53 Å². The molecule has 0 aliphatic carbocycles. The maximum absolute atomic E-state index is 12.2. The number of carboxylic acid groups (broad SMARTS) is 1. The van der Waals surface area contributed by atoms with Gasteiger partial charge >= 0.3 is 12.0 Å². The number of nitrogens with zero attached hydrogens (tertiary/aromatic N) is 1. The van der Waals surface area contributed by atoms with Crippen molar-refractivity contribution in [2.75, 3.05) is 32.1 Å². The highest BCUT2D eigenvalue weighted by Crippen LogP contribution is 2.23. The van der Waals surface area contributed by atoms with Gasteiger partial charge in [0.15, 0.2) is 0 Å². The molecule has 2 amide bonds. The second-order valence-corrected chi connectivity index (χ2v) is 4.98. The first-order valence-corrected chi connectivity index (χ1v) is 6.81. The van der Waals surface area contributed by atoms with E-state index in [1.54, 1.807) is 0 Å². The molecule has 6 heteroatoms. The molecule has 1 aromatic rings. The Balaban J connectivity index is 2.83. The van der Waals surface area contributed by atoms with Crippen LogP contribution < -0.4 is 5.32 Å². The van der Waals surface area contributed by atoms with Crippen molar-refractivity contribution in [1.82, 2.24) is 4.90 Å². The average molecular weight is 294 g/mol. The molecule has 1 aromatic carbocycles. The monoisotopic (exact) mass is 294 g/mol. The molecule has 21 heavy (non-hydrogen) atoms. The number of hydrogen-bond acceptors (Lipinski definition) is 3. The van der Waals surface area contributed by atoms with E-state index in [-0.39, 0.29) is 25.6 Å². The van der Waals surface area contributed by atoms with Crippen LogP contribution in [0.2, 0.25) is 0 Å². The fraction of sp³-hybridized carbons (Fsp3) is 0.467. The zero-order valence-electron chi connectivity index (χ0n) is 12.6. The number of nitrogens with one attached hydrogen (secondary N) is 1. The van der Waals surface area contributed by atoms with Crippen LogP contribution in [0.25, 0.3) is 0 Å². The number of urea groups is 1. The molecule has 0 bridgehead atoms. The number of carboxylic acids is 1. The summed E-state index contributed by atoms with van der Waals surface area (Å²) < 4.78 is 4.90. The summed E-state index contributed by atoms with van der Waals surface area (Å²) in [5.74, 6) is -0.799. The molecule has 0 aliphatic rings. The van der Waals surface area contributed by atoms with Gasteiger partial charge in [0.25, 0.3) is 0 Å². The first-order valence-electron chi connectivity index (χ1n) is 6.81. The number of carbonyl (C=O) groups is 2. The quantitative estimate of drug-likeness (QED) is 0.809. The number of ether oxygens (including phenoxy) is 1. The van der Waals surface area contributed by atoms with Crippen LogP contribution in [0, 0.1) is 0 Å². The summed E-state index contributed by atoms with van der Waals surface area (Å²) in [6.45, 7) is 4.21. The van der Waals surface area contributed by atoms with Crippen LogP contribution in [0.15, 0.2) is 24.3 Å². The summed E-state index contributed by atoms with van der Waals surface area (Å²) in [5, 5.41) is 11.7. The van der Waals surface area contributed by atoms with Crippen molar-refractivity contribution >= 4 is 17.7 Å². The smallest absolute Gasteiger partial charge is 0.323 e. The molecule has 1 rings (SSSR count). The van der Waals surface area contributed by atoms with Gasteiger partial charge in [0.1, 0.15) is 6.54 Å². The molecule has 0 radical (unpaired) electrons. The largest absolute Gasteiger partial charge is 0.480 e. The van der Waals surface area contributed by atoms with E-state index in [1.807, 2.05) is 38.1 Å². The molecule has 0 unspecified atom stereocenters. The van der Waals surface area contributed by atoms with Crippen molar-refractivity contribution in [1.29, 1.82) is 0 Å². The standard InChI is InChI=1S/C15H22N2O4/c1-11(2)12-6-4-5-7-13(12)16-15(20)17(8-9-21-3)10-14(18)19/h4-7,11H,8-10H2,1-3H3,(H,16,20)(H,18,19). The third kappa shape index (κ3) is 5.43. The molecule has 0 saturated heterocycles. The average Bonchev–Trinajstić information content (AvgIpc) is 2.43. The second-order valence-electron chi connectivity index (χ2n) is 4.98. The number of carbonyl (C=O) groups excluding carboxylic acids is 1. The van der Waals surface area contributed by atoms with E-state index in [4.69, 9.17) is 9.84 Å². The van der Waals surface area contributed by atoms with E-state index >= 15 is 0 Å². The number of methoxy groups -OCH3 is 1. The summed E-state index contributed by atoms with van der Waals surface area (Å²) in [5.41, 5.74) is 1.71. The Bertz CT molecular complexity index is 488. The number of anilines is 1. The van der Waals surface area contributed by atoms with Crippen LogP contribution in [0.5, 0.6) is 0 Å². The van der Waals surface area contributed by atoms with Crippen molar-refractivity contribution < 1.29 is 19.4 Å². The molecule has 0 aromatic heterocycles. The van der Waals surface area contributed by atoms with E-state index in [0.29, 0.717) is 5.69 Å². The van der Waals surface area contributed by atoms with Gasteiger partial charge in [0.05, 0.1) is 6.61 Å². The van der Waals surface area contributed by atoms with Crippen LogP contribution in [0.3, 0.4) is 0 Å². The molecule has 116 valence electrons. The predicted molar refractivity (Wildman–Crippen MR) is 80.6 cm³/mol. The minimum Gasteiger partial charge on any atom is -0.480 e. The fourth-order valence-corrected chi connectivity index (χ4v) is 1.93. The van der Waals surface area contributed by atoms with Gasteiger partial charge in [-0.3, -0.25) is 4.79 Å². The maximum Gasteiger partial charge on any atom is 0.323 e. The van der Waals surface area contributed by atoms with Gasteiger partial charge in [-0.15, -0.1) is 0 Å². The number of hydrogen-bond donors (Lipinski definition) is 2. The van der Waals surface area contributed by atoms with Crippen molar-refractivity contribution in [3.05, 3.63) is 29.8 Å². The van der Waals surface area contributed by atoms with Gasteiger partial charge in [-0.05, 0) is 17.5 Å². The van der Waals surface area contributed by atoms with E-state index in [9.17, 15) is 9.59 Å². The lowest BCUT2D eigenvalue weighted by molar-refractivity contribution is -0.137. The third-order valence-electron chi connectivity index (χ3n) is 3.00. The van der Waals surface area contributed by atoms with Crippen LogP contribution >= 0.6 is 0 Å². The molecule has 2 N–H and O–H groups in total. The lowest BCUT2D eigenvalue weighted by Gasteiger charge is -2.22. The highest BCUT2D eigenvalue weighted by molar-refractivity contribution is 5.92. The van der Waals surface area contributed by atoms with Gasteiger partial charge in [0, 0.05) is 19.3 Å². The van der Waals surface area contributed by atoms with E-state index in [0.717, 1.165) is 5.56 Å². The lowest BCUT2D eigenvalue weighted by atomic mass is 10.0. The summed E-state index contributed by atoms with van der Waals surface area (Å²) in [6.07, 6.45) is 0. The molecule has 0 spiro atoms. The summed E-state index contributed by atoms with van der Waals surface area (Å²) in [6, 6.07) is 7.05. The maximum atomic E-state index is 12.2. The number of aliphatic carboxylic acids is 1. The van der Waals surface area contributed by atoms with Crippen LogP contribution in [-0.4, -0.2) is 48.8 Å². The lowest BCUT2D eigenvalue weighted by Crippen LogP contribution is -2.40. The highest BCUT2D eigenvalue weighted by Gasteiger charge is 2.18. The molecule has 6 nitrogen and oxygen atoms in total. The van der Waals surface area contributed by atoms with Gasteiger partial charge in [-0.1, -0.05) is 32.0 Å². The fourth-order valence-electron chi connectivity index (χ4n) is 1.93. The van der Waals surface area contributed by atoms with Crippen molar-refractivity contribution in [3.63, 3.8) is 0 Å². The van der Waals surface area contributed by atoms with Gasteiger partial charge in [-0.25, -0.2) is 4.79 Å². The molecule has 0 aliphatic heterocycles. The molecule has 0 atom stereocenters. The Morgan fingerprint density at radius 2 is 2.00 bits per heavy atom. The minimum atomic E-state index is -1.06. The zero-order chi connectivity index (χ0) is 15.8. The van der Waals surface area contributed by atoms with E-state index < -0.39 is 12.0 Å². The molecule has 0 saturated carbocycles. The molecule has 0 heterocycles. The Morgan fingerprint density at radius 1 is 1.33 bits per heavy atom. The summed E-state index contributed by atoms with van der Waals surface area (Å²) >= 11 is 0. The van der Waals surface area contributed by atoms with Crippen LogP contribution in [0.4, 0.5) is 10.5 Å².